The molecule has 0 aliphatic rings. The number of rotatable bonds is 7. The van der Waals surface area contributed by atoms with E-state index in [1.165, 1.54) is 7.11 Å². The van der Waals surface area contributed by atoms with Crippen molar-refractivity contribution in [2.24, 2.45) is 5.73 Å². The highest BCUT2D eigenvalue weighted by Gasteiger charge is 2.13. The molecular formula is C14H18N4O4. The van der Waals surface area contributed by atoms with Gasteiger partial charge in [-0.15, -0.1) is 0 Å². The van der Waals surface area contributed by atoms with E-state index in [0.29, 0.717) is 23.2 Å². The van der Waals surface area contributed by atoms with E-state index in [9.17, 15) is 4.79 Å². The molecule has 1 unspecified atom stereocenters. The molecule has 0 spiro atoms. The van der Waals surface area contributed by atoms with Crippen molar-refractivity contribution in [3.05, 3.63) is 36.0 Å². The second kappa shape index (κ2) is 7.53. The van der Waals surface area contributed by atoms with E-state index in [0.717, 1.165) is 0 Å². The number of aromatic nitrogens is 2. The van der Waals surface area contributed by atoms with Crippen molar-refractivity contribution in [2.45, 2.75) is 19.6 Å². The molecule has 0 saturated carbocycles. The lowest BCUT2D eigenvalue weighted by molar-refractivity contribution is -0.118. The zero-order valence-electron chi connectivity index (χ0n) is 12.4. The van der Waals surface area contributed by atoms with Crippen molar-refractivity contribution in [3.8, 4) is 5.75 Å². The van der Waals surface area contributed by atoms with Crippen molar-refractivity contribution in [1.82, 2.24) is 10.1 Å². The first kappa shape index (κ1) is 15.9. The van der Waals surface area contributed by atoms with Crippen LogP contribution in [0.4, 0.5) is 5.69 Å². The Morgan fingerprint density at radius 2 is 2.14 bits per heavy atom. The maximum atomic E-state index is 11.7. The van der Waals surface area contributed by atoms with Crippen LogP contribution in [-0.2, 0) is 16.1 Å². The first-order valence-electron chi connectivity index (χ1n) is 6.66. The van der Waals surface area contributed by atoms with Crippen LogP contribution in [0.15, 0.2) is 28.8 Å². The van der Waals surface area contributed by atoms with Crippen LogP contribution in [0, 0.1) is 6.92 Å². The van der Waals surface area contributed by atoms with Gasteiger partial charge in [-0.2, -0.15) is 4.98 Å². The van der Waals surface area contributed by atoms with Gasteiger partial charge in [-0.1, -0.05) is 5.16 Å². The van der Waals surface area contributed by atoms with Crippen LogP contribution >= 0.6 is 0 Å². The molecule has 1 heterocycles. The molecule has 0 saturated heterocycles. The first-order valence-corrected chi connectivity index (χ1v) is 6.66. The monoisotopic (exact) mass is 306 g/mol. The number of carbonyl (C=O) groups excluding carboxylic acids is 1. The van der Waals surface area contributed by atoms with Gasteiger partial charge in [0.1, 0.15) is 11.8 Å². The number of amides is 1. The lowest BCUT2D eigenvalue weighted by Gasteiger charge is -2.11. The largest absolute Gasteiger partial charge is 0.484 e. The summed E-state index contributed by atoms with van der Waals surface area (Å²) in [6, 6.07) is 6.17. The second-order valence-electron chi connectivity index (χ2n) is 4.60. The van der Waals surface area contributed by atoms with Crippen LogP contribution < -0.4 is 15.8 Å². The van der Waals surface area contributed by atoms with E-state index in [4.69, 9.17) is 19.7 Å². The standard InChI is InChI=1S/C14H18N4O4/c1-9-16-13(22-18-9)8-21-11-5-3-10(4-6-11)17-14(19)12(15)7-20-2/h3-6,12H,7-8,15H2,1-2H3,(H,17,19). The summed E-state index contributed by atoms with van der Waals surface area (Å²) in [4.78, 5) is 15.8. The number of hydrogen-bond donors (Lipinski definition) is 2. The van der Waals surface area contributed by atoms with Crippen molar-refractivity contribution in [1.29, 1.82) is 0 Å². The third-order valence-electron chi connectivity index (χ3n) is 2.74. The lowest BCUT2D eigenvalue weighted by Crippen LogP contribution is -2.39. The van der Waals surface area contributed by atoms with E-state index in [2.05, 4.69) is 15.5 Å². The van der Waals surface area contributed by atoms with Crippen molar-refractivity contribution < 1.29 is 18.8 Å². The van der Waals surface area contributed by atoms with Gasteiger partial charge in [0.05, 0.1) is 6.61 Å². The predicted octanol–water partition coefficient (Wildman–Crippen LogP) is 0.869. The maximum absolute atomic E-state index is 11.7. The van der Waals surface area contributed by atoms with Gasteiger partial charge in [0, 0.05) is 12.8 Å². The molecule has 0 aliphatic carbocycles. The van der Waals surface area contributed by atoms with E-state index < -0.39 is 6.04 Å². The Bertz CT molecular complexity index is 612. The summed E-state index contributed by atoms with van der Waals surface area (Å²) in [5.41, 5.74) is 6.26. The highest BCUT2D eigenvalue weighted by molar-refractivity contribution is 5.94. The summed E-state index contributed by atoms with van der Waals surface area (Å²) in [5.74, 6) is 1.27. The quantitative estimate of drug-likeness (QED) is 0.780. The Hall–Kier alpha value is -2.45. The molecule has 22 heavy (non-hydrogen) atoms. The van der Waals surface area contributed by atoms with Gasteiger partial charge in [0.15, 0.2) is 12.4 Å². The molecule has 1 aromatic heterocycles. The van der Waals surface area contributed by atoms with Gasteiger partial charge in [-0.25, -0.2) is 0 Å². The Morgan fingerprint density at radius 3 is 2.73 bits per heavy atom. The molecule has 0 bridgehead atoms. The molecule has 2 aromatic rings. The molecule has 0 aliphatic heterocycles. The molecule has 2 rings (SSSR count). The lowest BCUT2D eigenvalue weighted by atomic mass is 10.2. The first-order chi connectivity index (χ1) is 10.6. The number of methoxy groups -OCH3 is 1. The van der Waals surface area contributed by atoms with Gasteiger partial charge in [0.25, 0.3) is 5.89 Å². The Kier molecular flexibility index (Phi) is 5.45. The average molecular weight is 306 g/mol. The topological polar surface area (TPSA) is 112 Å². The van der Waals surface area contributed by atoms with E-state index >= 15 is 0 Å². The van der Waals surface area contributed by atoms with E-state index in [1.54, 1.807) is 31.2 Å². The highest BCUT2D eigenvalue weighted by atomic mass is 16.5. The Labute approximate surface area is 127 Å². The molecule has 3 N–H and O–H groups in total. The van der Waals surface area contributed by atoms with Crippen LogP contribution in [0.25, 0.3) is 0 Å². The fourth-order valence-electron chi connectivity index (χ4n) is 1.67. The van der Waals surface area contributed by atoms with E-state index in [1.807, 2.05) is 0 Å². The summed E-state index contributed by atoms with van der Waals surface area (Å²) < 4.78 is 15.3. The van der Waals surface area contributed by atoms with Crippen LogP contribution in [0.5, 0.6) is 5.75 Å². The molecule has 8 nitrogen and oxygen atoms in total. The number of aryl methyl sites for hydroxylation is 1. The van der Waals surface area contributed by atoms with Gasteiger partial charge in [0.2, 0.25) is 5.91 Å². The summed E-state index contributed by atoms with van der Waals surface area (Å²) in [5, 5.41) is 6.36. The van der Waals surface area contributed by atoms with Gasteiger partial charge >= 0.3 is 0 Å². The summed E-state index contributed by atoms with van der Waals surface area (Å²) in [6.45, 7) is 2.08. The Balaban J connectivity index is 1.86. The number of carbonyl (C=O) groups is 1. The van der Waals surface area contributed by atoms with Crippen molar-refractivity contribution >= 4 is 11.6 Å². The minimum atomic E-state index is -0.707. The number of anilines is 1. The SMILES string of the molecule is COCC(N)C(=O)Nc1ccc(OCc2nc(C)no2)cc1. The fraction of sp³-hybridized carbons (Fsp3) is 0.357. The van der Waals surface area contributed by atoms with Crippen LogP contribution in [0.3, 0.4) is 0 Å². The van der Waals surface area contributed by atoms with Gasteiger partial charge < -0.3 is 25.0 Å². The number of hydrogen-bond acceptors (Lipinski definition) is 7. The molecule has 0 radical (unpaired) electrons. The molecule has 0 fully saturated rings. The highest BCUT2D eigenvalue weighted by Crippen LogP contribution is 2.17. The average Bonchev–Trinajstić information content (AvgIpc) is 2.92. The minimum absolute atomic E-state index is 0.163. The molecular weight excluding hydrogens is 288 g/mol. The summed E-state index contributed by atoms with van der Waals surface area (Å²) in [6.07, 6.45) is 0. The molecule has 1 amide bonds. The third-order valence-corrected chi connectivity index (χ3v) is 2.74. The Morgan fingerprint density at radius 1 is 1.41 bits per heavy atom. The zero-order chi connectivity index (χ0) is 15.9. The van der Waals surface area contributed by atoms with Gasteiger partial charge in [-0.05, 0) is 31.2 Å². The maximum Gasteiger partial charge on any atom is 0.264 e. The third kappa shape index (κ3) is 4.54. The summed E-state index contributed by atoms with van der Waals surface area (Å²) >= 11 is 0. The number of benzene rings is 1. The normalized spacial score (nSPS) is 12.0. The van der Waals surface area contributed by atoms with Crippen molar-refractivity contribution in [3.63, 3.8) is 0 Å². The number of nitrogens with zero attached hydrogens (tertiary/aromatic N) is 2. The number of nitrogens with one attached hydrogen (secondary N) is 1. The molecule has 1 atom stereocenters. The number of nitrogens with two attached hydrogens (primary N) is 1. The van der Waals surface area contributed by atoms with Crippen molar-refractivity contribution in [2.75, 3.05) is 19.0 Å². The van der Waals surface area contributed by atoms with Crippen LogP contribution in [0.2, 0.25) is 0 Å². The molecule has 1 aromatic carbocycles. The summed E-state index contributed by atoms with van der Waals surface area (Å²) in [7, 11) is 1.49. The van der Waals surface area contributed by atoms with Gasteiger partial charge in [-0.3, -0.25) is 4.79 Å². The molecule has 118 valence electrons. The second-order valence-corrected chi connectivity index (χ2v) is 4.60. The van der Waals surface area contributed by atoms with Crippen LogP contribution in [0.1, 0.15) is 11.7 Å². The fourth-order valence-corrected chi connectivity index (χ4v) is 1.67. The molecule has 8 heteroatoms. The smallest absolute Gasteiger partial charge is 0.264 e. The predicted molar refractivity (Wildman–Crippen MR) is 78.3 cm³/mol. The zero-order valence-corrected chi connectivity index (χ0v) is 12.4. The number of ether oxygens (including phenoxy) is 2. The van der Waals surface area contributed by atoms with E-state index in [-0.39, 0.29) is 19.1 Å². The minimum Gasteiger partial charge on any atom is -0.484 e. The van der Waals surface area contributed by atoms with Crippen LogP contribution in [-0.4, -0.2) is 35.8 Å².